The second-order valence-corrected chi connectivity index (χ2v) is 4.39. The van der Waals surface area contributed by atoms with Gasteiger partial charge < -0.3 is 14.6 Å². The smallest absolute Gasteiger partial charge is 0.338 e. The van der Waals surface area contributed by atoms with Crippen LogP contribution in [0, 0.1) is 11.8 Å². The maximum atomic E-state index is 11.6. The fourth-order valence-corrected chi connectivity index (χ4v) is 2.13. The average molecular weight is 216 g/mol. The molecular formula is C11H20O4. The largest absolute Gasteiger partial charge is 0.467 e. The van der Waals surface area contributed by atoms with Crippen molar-refractivity contribution in [2.45, 2.75) is 32.3 Å². The second kappa shape index (κ2) is 4.94. The quantitative estimate of drug-likeness (QED) is 0.714. The molecule has 0 amide bonds. The summed E-state index contributed by atoms with van der Waals surface area (Å²) in [6.45, 7) is 4.80. The third-order valence-corrected chi connectivity index (χ3v) is 3.18. The predicted molar refractivity (Wildman–Crippen MR) is 55.3 cm³/mol. The maximum absolute atomic E-state index is 11.6. The normalized spacial score (nSPS) is 26.1. The van der Waals surface area contributed by atoms with Crippen LogP contribution in [0.25, 0.3) is 0 Å². The van der Waals surface area contributed by atoms with E-state index >= 15 is 0 Å². The van der Waals surface area contributed by atoms with E-state index in [1.165, 1.54) is 7.11 Å². The van der Waals surface area contributed by atoms with Crippen molar-refractivity contribution in [3.05, 3.63) is 0 Å². The van der Waals surface area contributed by atoms with Crippen LogP contribution < -0.4 is 0 Å². The lowest BCUT2D eigenvalue weighted by molar-refractivity contribution is -0.182. The fourth-order valence-electron chi connectivity index (χ4n) is 2.13. The zero-order valence-corrected chi connectivity index (χ0v) is 9.66. The van der Waals surface area contributed by atoms with Crippen molar-refractivity contribution < 1.29 is 19.4 Å². The molecule has 0 aliphatic carbocycles. The first-order valence-electron chi connectivity index (χ1n) is 5.42. The van der Waals surface area contributed by atoms with Crippen LogP contribution in [0.2, 0.25) is 0 Å². The Balaban J connectivity index is 2.83. The van der Waals surface area contributed by atoms with E-state index in [0.29, 0.717) is 13.2 Å². The predicted octanol–water partition coefficient (Wildman–Crippen LogP) is 0.973. The van der Waals surface area contributed by atoms with Crippen LogP contribution in [0.4, 0.5) is 0 Å². The standard InChI is InChI=1S/C11H20O4/c1-8(2)11(13,10(12)14-3)9-5-4-6-15-7-9/h8-9,13H,4-7H2,1-3H3. The van der Waals surface area contributed by atoms with Crippen molar-refractivity contribution in [3.8, 4) is 0 Å². The lowest BCUT2D eigenvalue weighted by Crippen LogP contribution is -2.53. The summed E-state index contributed by atoms with van der Waals surface area (Å²) in [5.74, 6) is -0.872. The molecule has 0 radical (unpaired) electrons. The zero-order chi connectivity index (χ0) is 11.5. The molecule has 1 N–H and O–H groups in total. The van der Waals surface area contributed by atoms with E-state index in [4.69, 9.17) is 4.74 Å². The molecule has 1 fully saturated rings. The Morgan fingerprint density at radius 3 is 2.67 bits per heavy atom. The van der Waals surface area contributed by atoms with Gasteiger partial charge in [0, 0.05) is 12.5 Å². The van der Waals surface area contributed by atoms with Crippen molar-refractivity contribution in [1.29, 1.82) is 0 Å². The molecule has 2 atom stereocenters. The van der Waals surface area contributed by atoms with E-state index in [1.54, 1.807) is 0 Å². The van der Waals surface area contributed by atoms with E-state index in [1.807, 2.05) is 13.8 Å². The van der Waals surface area contributed by atoms with Gasteiger partial charge in [-0.1, -0.05) is 13.8 Å². The molecule has 0 aromatic rings. The molecule has 0 aromatic carbocycles. The zero-order valence-electron chi connectivity index (χ0n) is 9.66. The number of ether oxygens (including phenoxy) is 2. The van der Waals surface area contributed by atoms with Crippen LogP contribution in [0.5, 0.6) is 0 Å². The van der Waals surface area contributed by atoms with Crippen LogP contribution in [0.1, 0.15) is 26.7 Å². The Kier molecular flexibility index (Phi) is 4.11. The number of esters is 1. The van der Waals surface area contributed by atoms with Crippen molar-refractivity contribution in [2.24, 2.45) is 11.8 Å². The highest BCUT2D eigenvalue weighted by Gasteiger charge is 2.48. The van der Waals surface area contributed by atoms with Gasteiger partial charge in [-0.25, -0.2) is 4.79 Å². The van der Waals surface area contributed by atoms with Gasteiger partial charge >= 0.3 is 5.97 Å². The summed E-state index contributed by atoms with van der Waals surface area (Å²) < 4.78 is 9.99. The van der Waals surface area contributed by atoms with Crippen LogP contribution in [0.15, 0.2) is 0 Å². The van der Waals surface area contributed by atoms with Crippen LogP contribution in [-0.2, 0) is 14.3 Å². The van der Waals surface area contributed by atoms with Crippen molar-refractivity contribution in [2.75, 3.05) is 20.3 Å². The minimum Gasteiger partial charge on any atom is -0.467 e. The van der Waals surface area contributed by atoms with Crippen molar-refractivity contribution >= 4 is 5.97 Å². The molecule has 1 aliphatic rings. The van der Waals surface area contributed by atoms with E-state index in [0.717, 1.165) is 12.8 Å². The highest BCUT2D eigenvalue weighted by Crippen LogP contribution is 2.33. The van der Waals surface area contributed by atoms with Gasteiger partial charge in [0.05, 0.1) is 13.7 Å². The van der Waals surface area contributed by atoms with Gasteiger partial charge in [-0.05, 0) is 18.8 Å². The third-order valence-electron chi connectivity index (χ3n) is 3.18. The van der Waals surface area contributed by atoms with Crippen LogP contribution >= 0.6 is 0 Å². The topological polar surface area (TPSA) is 55.8 Å². The number of hydrogen-bond donors (Lipinski definition) is 1. The number of carbonyl (C=O) groups is 1. The lowest BCUT2D eigenvalue weighted by Gasteiger charge is -2.38. The van der Waals surface area contributed by atoms with E-state index < -0.39 is 11.6 Å². The first-order valence-corrected chi connectivity index (χ1v) is 5.42. The summed E-state index contributed by atoms with van der Waals surface area (Å²) in [6, 6.07) is 0. The molecule has 1 aliphatic heterocycles. The van der Waals surface area contributed by atoms with E-state index in [9.17, 15) is 9.90 Å². The van der Waals surface area contributed by atoms with E-state index in [2.05, 4.69) is 4.74 Å². The Bertz CT molecular complexity index is 221. The summed E-state index contributed by atoms with van der Waals surface area (Å²) >= 11 is 0. The molecule has 1 rings (SSSR count). The summed E-state index contributed by atoms with van der Waals surface area (Å²) in [4.78, 5) is 11.6. The van der Waals surface area contributed by atoms with Gasteiger partial charge in [0.1, 0.15) is 0 Å². The maximum Gasteiger partial charge on any atom is 0.338 e. The Morgan fingerprint density at radius 2 is 2.27 bits per heavy atom. The van der Waals surface area contributed by atoms with Gasteiger partial charge in [-0.15, -0.1) is 0 Å². The van der Waals surface area contributed by atoms with Gasteiger partial charge in [0.15, 0.2) is 5.60 Å². The highest BCUT2D eigenvalue weighted by molar-refractivity contribution is 5.80. The molecule has 0 spiro atoms. The van der Waals surface area contributed by atoms with Gasteiger partial charge in [-0.2, -0.15) is 0 Å². The molecule has 2 unspecified atom stereocenters. The number of hydrogen-bond acceptors (Lipinski definition) is 4. The number of rotatable bonds is 3. The third kappa shape index (κ3) is 2.32. The molecule has 4 heteroatoms. The SMILES string of the molecule is COC(=O)C(O)(C(C)C)C1CCCOC1. The highest BCUT2D eigenvalue weighted by atomic mass is 16.5. The summed E-state index contributed by atoms with van der Waals surface area (Å²) in [6.07, 6.45) is 1.69. The molecule has 15 heavy (non-hydrogen) atoms. The molecule has 88 valence electrons. The van der Waals surface area contributed by atoms with Gasteiger partial charge in [0.25, 0.3) is 0 Å². The molecule has 1 saturated heterocycles. The number of methoxy groups -OCH3 is 1. The minimum absolute atomic E-state index is 0.154. The average Bonchev–Trinajstić information content (AvgIpc) is 2.27. The molecule has 4 nitrogen and oxygen atoms in total. The number of carbonyl (C=O) groups excluding carboxylic acids is 1. The summed E-state index contributed by atoms with van der Waals surface area (Å²) in [5.41, 5.74) is -1.41. The van der Waals surface area contributed by atoms with Crippen LogP contribution in [0.3, 0.4) is 0 Å². The van der Waals surface area contributed by atoms with E-state index in [-0.39, 0.29) is 11.8 Å². The minimum atomic E-state index is -1.41. The van der Waals surface area contributed by atoms with Gasteiger partial charge in [0.2, 0.25) is 0 Å². The molecule has 0 bridgehead atoms. The molecule has 0 saturated carbocycles. The molecular weight excluding hydrogens is 196 g/mol. The summed E-state index contributed by atoms with van der Waals surface area (Å²) in [5, 5.41) is 10.4. The van der Waals surface area contributed by atoms with Crippen molar-refractivity contribution in [3.63, 3.8) is 0 Å². The lowest BCUT2D eigenvalue weighted by atomic mass is 9.76. The number of aliphatic hydroxyl groups is 1. The fraction of sp³-hybridized carbons (Fsp3) is 0.909. The molecule has 0 aromatic heterocycles. The Hall–Kier alpha value is -0.610. The Labute approximate surface area is 90.6 Å². The van der Waals surface area contributed by atoms with Crippen LogP contribution in [-0.4, -0.2) is 37.0 Å². The second-order valence-electron chi connectivity index (χ2n) is 4.39. The molecule has 1 heterocycles. The first kappa shape index (κ1) is 12.5. The van der Waals surface area contributed by atoms with Gasteiger partial charge in [-0.3, -0.25) is 0 Å². The van der Waals surface area contributed by atoms with Crippen molar-refractivity contribution in [1.82, 2.24) is 0 Å². The summed E-state index contributed by atoms with van der Waals surface area (Å²) in [7, 11) is 1.30. The monoisotopic (exact) mass is 216 g/mol. The first-order chi connectivity index (χ1) is 7.03. The Morgan fingerprint density at radius 1 is 1.60 bits per heavy atom.